The van der Waals surface area contributed by atoms with E-state index in [0.717, 1.165) is 5.69 Å². The molecule has 6 nitrogen and oxygen atoms in total. The molecule has 19 heavy (non-hydrogen) atoms. The molecule has 0 atom stereocenters. The topological polar surface area (TPSA) is 66.7 Å². The van der Waals surface area contributed by atoms with E-state index in [4.69, 9.17) is 11.6 Å². The van der Waals surface area contributed by atoms with E-state index >= 15 is 0 Å². The van der Waals surface area contributed by atoms with E-state index < -0.39 is 17.4 Å². The first-order valence-corrected chi connectivity index (χ1v) is 6.34. The number of hydrogen-bond donors (Lipinski definition) is 0. The molecular formula is C12H14ClN3O3. The molecule has 0 N–H and O–H groups in total. The Kier molecular flexibility index (Phi) is 4.21. The van der Waals surface area contributed by atoms with Gasteiger partial charge in [0.1, 0.15) is 0 Å². The molecule has 2 rings (SSSR count). The third-order valence-electron chi connectivity index (χ3n) is 3.07. The number of benzene rings is 1. The molecule has 0 saturated carbocycles. The predicted molar refractivity (Wildman–Crippen MR) is 72.1 cm³/mol. The van der Waals surface area contributed by atoms with E-state index in [0.29, 0.717) is 31.2 Å². The highest BCUT2D eigenvalue weighted by Gasteiger charge is 2.24. The normalized spacial score (nSPS) is 15.4. The first kappa shape index (κ1) is 13.6. The molecule has 0 aromatic heterocycles. The van der Waals surface area contributed by atoms with Crippen molar-refractivity contribution >= 4 is 23.2 Å². The molecule has 1 aromatic rings. The number of nitrogens with zero attached hydrogens (tertiary/aromatic N) is 3. The highest BCUT2D eigenvalue weighted by Crippen LogP contribution is 2.20. The molecule has 1 fully saturated rings. The summed E-state index contributed by atoms with van der Waals surface area (Å²) in [6, 6.07) is 7.51. The number of amides is 1. The molecule has 1 amide bonds. The van der Waals surface area contributed by atoms with Gasteiger partial charge in [-0.25, -0.2) is 0 Å². The number of halogens is 1. The molecule has 1 aliphatic heterocycles. The van der Waals surface area contributed by atoms with Crippen LogP contribution in [0.3, 0.4) is 0 Å². The van der Waals surface area contributed by atoms with Gasteiger partial charge in [0.05, 0.1) is 0 Å². The fourth-order valence-electron chi connectivity index (χ4n) is 2.10. The van der Waals surface area contributed by atoms with Gasteiger partial charge in [0, 0.05) is 41.8 Å². The molecule has 1 saturated heterocycles. The minimum absolute atomic E-state index is 0.421. The number of piperazine rings is 1. The minimum atomic E-state index is -0.628. The molecular weight excluding hydrogens is 270 g/mol. The smallest absolute Gasteiger partial charge is 0.294 e. The van der Waals surface area contributed by atoms with Gasteiger partial charge in [-0.15, -0.1) is 0 Å². The summed E-state index contributed by atoms with van der Waals surface area (Å²) in [6.07, 6.45) is 0. The van der Waals surface area contributed by atoms with Crippen molar-refractivity contribution in [1.82, 2.24) is 4.90 Å². The van der Waals surface area contributed by atoms with Crippen LogP contribution in [0.5, 0.6) is 0 Å². The fourth-order valence-corrected chi connectivity index (χ4v) is 2.28. The lowest BCUT2D eigenvalue weighted by atomic mass is 10.2. The minimum Gasteiger partial charge on any atom is -0.368 e. The molecule has 0 spiro atoms. The Morgan fingerprint density at radius 3 is 2.58 bits per heavy atom. The Morgan fingerprint density at radius 2 is 2.00 bits per heavy atom. The molecule has 1 aliphatic rings. The zero-order valence-electron chi connectivity index (χ0n) is 10.3. The summed E-state index contributed by atoms with van der Waals surface area (Å²) >= 11 is 5.93. The van der Waals surface area contributed by atoms with Crippen LogP contribution in [0, 0.1) is 10.1 Å². The molecule has 102 valence electrons. The zero-order valence-corrected chi connectivity index (χ0v) is 11.0. The van der Waals surface area contributed by atoms with Crippen LogP contribution in [0.1, 0.15) is 0 Å². The average Bonchev–Trinajstić information content (AvgIpc) is 2.38. The highest BCUT2D eigenvalue weighted by molar-refractivity contribution is 6.30. The van der Waals surface area contributed by atoms with Gasteiger partial charge < -0.3 is 9.80 Å². The molecule has 1 heterocycles. The molecule has 0 radical (unpaired) electrons. The van der Waals surface area contributed by atoms with Gasteiger partial charge >= 0.3 is 0 Å². The monoisotopic (exact) mass is 283 g/mol. The van der Waals surface area contributed by atoms with Gasteiger partial charge in [-0.05, 0) is 18.2 Å². The van der Waals surface area contributed by atoms with Crippen LogP contribution >= 0.6 is 11.6 Å². The lowest BCUT2D eigenvalue weighted by Gasteiger charge is -2.35. The van der Waals surface area contributed by atoms with Gasteiger partial charge in [0.15, 0.2) is 0 Å². The van der Waals surface area contributed by atoms with Crippen LogP contribution in [-0.2, 0) is 4.79 Å². The van der Waals surface area contributed by atoms with Gasteiger partial charge in [-0.1, -0.05) is 17.7 Å². The third-order valence-corrected chi connectivity index (χ3v) is 3.31. The Morgan fingerprint density at radius 1 is 1.32 bits per heavy atom. The summed E-state index contributed by atoms with van der Waals surface area (Å²) in [5.74, 6) is -0.421. The maximum Gasteiger partial charge on any atom is 0.294 e. The summed E-state index contributed by atoms with van der Waals surface area (Å²) in [5.41, 5.74) is 1.01. The second kappa shape index (κ2) is 5.88. The molecule has 1 aromatic carbocycles. The Bertz CT molecular complexity index is 487. The van der Waals surface area contributed by atoms with E-state index in [1.165, 1.54) is 4.90 Å². The number of rotatable bonds is 3. The number of anilines is 1. The van der Waals surface area contributed by atoms with Crippen molar-refractivity contribution in [3.8, 4) is 0 Å². The lowest BCUT2D eigenvalue weighted by Crippen LogP contribution is -2.50. The summed E-state index contributed by atoms with van der Waals surface area (Å²) in [6.45, 7) is 1.68. The van der Waals surface area contributed by atoms with Crippen molar-refractivity contribution in [2.24, 2.45) is 0 Å². The number of hydrogen-bond acceptors (Lipinski definition) is 4. The summed E-state index contributed by atoms with van der Waals surface area (Å²) in [5, 5.41) is 11.0. The third kappa shape index (κ3) is 3.57. The van der Waals surface area contributed by atoms with Gasteiger partial charge in [-0.3, -0.25) is 14.9 Å². The summed E-state index contributed by atoms with van der Waals surface area (Å²) in [4.78, 5) is 24.9. The largest absolute Gasteiger partial charge is 0.368 e. The predicted octanol–water partition coefficient (Wildman–Crippen LogP) is 1.27. The van der Waals surface area contributed by atoms with E-state index in [1.54, 1.807) is 0 Å². The fraction of sp³-hybridized carbons (Fsp3) is 0.417. The summed E-state index contributed by atoms with van der Waals surface area (Å²) in [7, 11) is 0. The van der Waals surface area contributed by atoms with Gasteiger partial charge in [0.25, 0.3) is 12.5 Å². The van der Waals surface area contributed by atoms with Crippen LogP contribution in [0.15, 0.2) is 24.3 Å². The number of carbonyl (C=O) groups excluding carboxylic acids is 1. The van der Waals surface area contributed by atoms with Crippen LogP contribution in [-0.4, -0.2) is 48.5 Å². The van der Waals surface area contributed by atoms with Crippen LogP contribution in [0.25, 0.3) is 0 Å². The van der Waals surface area contributed by atoms with Crippen molar-refractivity contribution in [2.75, 3.05) is 37.6 Å². The Balaban J connectivity index is 1.92. The van der Waals surface area contributed by atoms with Crippen molar-refractivity contribution in [3.63, 3.8) is 0 Å². The van der Waals surface area contributed by atoms with Crippen LogP contribution in [0.4, 0.5) is 5.69 Å². The van der Waals surface area contributed by atoms with Crippen molar-refractivity contribution in [1.29, 1.82) is 0 Å². The average molecular weight is 284 g/mol. The van der Waals surface area contributed by atoms with Crippen LogP contribution in [0.2, 0.25) is 5.02 Å². The molecule has 0 bridgehead atoms. The van der Waals surface area contributed by atoms with Crippen molar-refractivity contribution in [2.45, 2.75) is 0 Å². The SMILES string of the molecule is O=C(C[N+](=O)[O-])N1CCN(c2cccc(Cl)c2)CC1. The number of nitro groups is 1. The van der Waals surface area contributed by atoms with E-state index in [-0.39, 0.29) is 0 Å². The summed E-state index contributed by atoms with van der Waals surface area (Å²) < 4.78 is 0. The maximum absolute atomic E-state index is 11.6. The zero-order chi connectivity index (χ0) is 13.8. The van der Waals surface area contributed by atoms with Crippen LogP contribution < -0.4 is 4.90 Å². The van der Waals surface area contributed by atoms with Crippen molar-refractivity contribution < 1.29 is 9.72 Å². The van der Waals surface area contributed by atoms with E-state index in [2.05, 4.69) is 4.90 Å². The Hall–Kier alpha value is -1.82. The second-order valence-electron chi connectivity index (χ2n) is 4.34. The quantitative estimate of drug-likeness (QED) is 0.619. The molecule has 7 heteroatoms. The lowest BCUT2D eigenvalue weighted by molar-refractivity contribution is -0.468. The highest BCUT2D eigenvalue weighted by atomic mass is 35.5. The van der Waals surface area contributed by atoms with Crippen molar-refractivity contribution in [3.05, 3.63) is 39.4 Å². The molecule has 0 aliphatic carbocycles. The first-order valence-electron chi connectivity index (χ1n) is 5.96. The standard InChI is InChI=1S/C12H14ClN3O3/c13-10-2-1-3-11(8-10)14-4-6-15(7-5-14)12(17)9-16(18)19/h1-3,8H,4-7,9H2. The van der Waals surface area contributed by atoms with E-state index in [1.807, 2.05) is 24.3 Å². The maximum atomic E-state index is 11.6. The molecule has 0 unspecified atom stereocenters. The van der Waals surface area contributed by atoms with Gasteiger partial charge in [-0.2, -0.15) is 0 Å². The van der Waals surface area contributed by atoms with Gasteiger partial charge in [0.2, 0.25) is 0 Å². The Labute approximate surface area is 115 Å². The second-order valence-corrected chi connectivity index (χ2v) is 4.77. The first-order chi connectivity index (χ1) is 9.06. The van der Waals surface area contributed by atoms with E-state index in [9.17, 15) is 14.9 Å². The number of carbonyl (C=O) groups is 1.